The Hall–Kier alpha value is -5.36. The number of fused-ring (bicyclic) bond motifs is 1. The van der Waals surface area contributed by atoms with Crippen molar-refractivity contribution in [2.75, 3.05) is 38.4 Å². The molecule has 0 saturated heterocycles. The molecule has 1 atom stereocenters. The number of aromatic nitrogens is 3. The molecule has 236 valence electrons. The molecule has 3 heterocycles. The van der Waals surface area contributed by atoms with Gasteiger partial charge in [0.15, 0.2) is 11.5 Å². The topological polar surface area (TPSA) is 148 Å². The average Bonchev–Trinajstić information content (AvgIpc) is 3.94. The van der Waals surface area contributed by atoms with E-state index in [9.17, 15) is 14.4 Å². The molecular formula is C34H35N7O5. The highest BCUT2D eigenvalue weighted by Crippen LogP contribution is 2.38. The maximum atomic E-state index is 13.2. The van der Waals surface area contributed by atoms with Crippen molar-refractivity contribution < 1.29 is 23.9 Å². The first kappa shape index (κ1) is 30.7. The van der Waals surface area contributed by atoms with E-state index in [0.29, 0.717) is 41.5 Å². The Morgan fingerprint density at radius 3 is 2.52 bits per heavy atom. The van der Waals surface area contributed by atoms with E-state index in [0.717, 1.165) is 24.8 Å². The Kier molecular flexibility index (Phi) is 8.88. The maximum Gasteiger partial charge on any atom is 0.273 e. The number of benzene rings is 2. The number of likely N-dealkylation sites (N-methyl/N-ethyl adjacent to an activating group) is 1. The Morgan fingerprint density at radius 2 is 1.80 bits per heavy atom. The zero-order valence-electron chi connectivity index (χ0n) is 25.9. The lowest BCUT2D eigenvalue weighted by molar-refractivity contribution is -0.117. The maximum absolute atomic E-state index is 13.2. The van der Waals surface area contributed by atoms with Gasteiger partial charge in [-0.05, 0) is 36.1 Å². The molecular weight excluding hydrogens is 586 g/mol. The Balaban J connectivity index is 1.19. The van der Waals surface area contributed by atoms with Crippen LogP contribution >= 0.6 is 0 Å². The van der Waals surface area contributed by atoms with Crippen molar-refractivity contribution in [2.45, 2.75) is 32.0 Å². The number of amides is 3. The molecule has 12 nitrogen and oxygen atoms in total. The van der Waals surface area contributed by atoms with Crippen LogP contribution in [0.3, 0.4) is 0 Å². The summed E-state index contributed by atoms with van der Waals surface area (Å²) in [4.78, 5) is 44.3. The molecule has 1 aliphatic carbocycles. The average molecular weight is 622 g/mol. The van der Waals surface area contributed by atoms with Crippen LogP contribution in [0, 0.1) is 5.92 Å². The number of hydrogen-bond donors (Lipinski definition) is 3. The summed E-state index contributed by atoms with van der Waals surface area (Å²) in [5.74, 6) is -0.0723. The van der Waals surface area contributed by atoms with Crippen molar-refractivity contribution >= 4 is 34.9 Å². The van der Waals surface area contributed by atoms with Gasteiger partial charge in [0.1, 0.15) is 11.4 Å². The monoisotopic (exact) mass is 621 g/mol. The second-order valence-electron chi connectivity index (χ2n) is 11.4. The van der Waals surface area contributed by atoms with Crippen LogP contribution in [0.1, 0.15) is 44.9 Å². The number of pyridine rings is 1. The molecule has 0 bridgehead atoms. The lowest BCUT2D eigenvalue weighted by atomic mass is 9.99. The fraction of sp³-hybridized carbons (Fsp3) is 0.294. The van der Waals surface area contributed by atoms with Crippen molar-refractivity contribution in [1.82, 2.24) is 25.4 Å². The van der Waals surface area contributed by atoms with Gasteiger partial charge in [-0.1, -0.05) is 42.5 Å². The van der Waals surface area contributed by atoms with E-state index in [1.165, 1.54) is 18.2 Å². The molecule has 4 aromatic rings. The third kappa shape index (κ3) is 6.66. The number of rotatable bonds is 10. The molecule has 2 aliphatic rings. The number of para-hydroxylation sites is 1. The standard InChI is InChI=1S/C34H35N7O5/c1-35-33(43)30-28(16-29(39-40-30)38-32(42)20-11-12-20)37-26-10-6-9-25(31(26)45-3)22-13-14-27(36-17-22)34(44)41(2)18-24-15-21-7-4-5-8-23(21)19-46-24/h4-10,13-14,16-17,20,24H,11-12,15,18-19H2,1-3H3,(H,35,43)(H2,37,38,39,42)/t24-/m0/s1. The summed E-state index contributed by atoms with van der Waals surface area (Å²) in [7, 11) is 4.80. The summed E-state index contributed by atoms with van der Waals surface area (Å²) >= 11 is 0. The molecule has 6 rings (SSSR count). The van der Waals surface area contributed by atoms with Gasteiger partial charge in [-0.3, -0.25) is 19.4 Å². The Labute approximate surface area is 266 Å². The number of nitrogens with one attached hydrogen (secondary N) is 3. The van der Waals surface area contributed by atoms with Gasteiger partial charge in [-0.25, -0.2) is 0 Å². The number of ether oxygens (including phenoxy) is 2. The van der Waals surface area contributed by atoms with E-state index in [-0.39, 0.29) is 35.3 Å². The largest absolute Gasteiger partial charge is 0.494 e. The lowest BCUT2D eigenvalue weighted by Crippen LogP contribution is -2.38. The summed E-state index contributed by atoms with van der Waals surface area (Å²) in [6.45, 7) is 0.987. The predicted octanol–water partition coefficient (Wildman–Crippen LogP) is 4.21. The van der Waals surface area contributed by atoms with E-state index < -0.39 is 5.91 Å². The van der Waals surface area contributed by atoms with Crippen molar-refractivity contribution in [3.05, 3.63) is 89.4 Å². The van der Waals surface area contributed by atoms with Gasteiger partial charge >= 0.3 is 0 Å². The van der Waals surface area contributed by atoms with E-state index >= 15 is 0 Å². The van der Waals surface area contributed by atoms with Crippen molar-refractivity contribution in [1.29, 1.82) is 0 Å². The van der Waals surface area contributed by atoms with Gasteiger partial charge in [0, 0.05) is 56.4 Å². The van der Waals surface area contributed by atoms with Crippen LogP contribution in [0.25, 0.3) is 11.1 Å². The van der Waals surface area contributed by atoms with E-state index in [1.54, 1.807) is 43.5 Å². The summed E-state index contributed by atoms with van der Waals surface area (Å²) in [5, 5.41) is 16.7. The van der Waals surface area contributed by atoms with Crippen LogP contribution in [0.4, 0.5) is 17.2 Å². The number of hydrogen-bond acceptors (Lipinski definition) is 9. The number of anilines is 3. The fourth-order valence-corrected chi connectivity index (χ4v) is 5.43. The minimum atomic E-state index is -0.445. The van der Waals surface area contributed by atoms with Gasteiger partial charge in [-0.2, -0.15) is 0 Å². The third-order valence-corrected chi connectivity index (χ3v) is 8.08. The minimum Gasteiger partial charge on any atom is -0.494 e. The number of methoxy groups -OCH3 is 1. The molecule has 12 heteroatoms. The third-order valence-electron chi connectivity index (χ3n) is 8.08. The SMILES string of the molecule is CNC(=O)c1nnc(NC(=O)C2CC2)cc1Nc1cccc(-c2ccc(C(=O)N(C)C[C@@H]3Cc4ccccc4CO3)nc2)c1OC. The summed E-state index contributed by atoms with van der Waals surface area (Å²) < 4.78 is 11.8. The zero-order valence-corrected chi connectivity index (χ0v) is 25.9. The van der Waals surface area contributed by atoms with E-state index in [1.807, 2.05) is 30.3 Å². The predicted molar refractivity (Wildman–Crippen MR) is 172 cm³/mol. The normalized spacial score (nSPS) is 15.3. The molecule has 0 unspecified atom stereocenters. The molecule has 46 heavy (non-hydrogen) atoms. The molecule has 0 radical (unpaired) electrons. The first-order valence-corrected chi connectivity index (χ1v) is 15.1. The highest BCUT2D eigenvalue weighted by atomic mass is 16.5. The van der Waals surface area contributed by atoms with Crippen LogP contribution < -0.4 is 20.7 Å². The molecule has 3 N–H and O–H groups in total. The summed E-state index contributed by atoms with van der Waals surface area (Å²) in [5.41, 5.74) is 5.13. The lowest BCUT2D eigenvalue weighted by Gasteiger charge is -2.29. The minimum absolute atomic E-state index is 0.0200. The molecule has 2 aromatic carbocycles. The second kappa shape index (κ2) is 13.3. The number of carbonyl (C=O) groups is 3. The Morgan fingerprint density at radius 1 is 1.00 bits per heavy atom. The summed E-state index contributed by atoms with van der Waals surface area (Å²) in [6, 6.07) is 18.8. The van der Waals surface area contributed by atoms with Crippen LogP contribution in [-0.2, 0) is 22.6 Å². The first-order valence-electron chi connectivity index (χ1n) is 15.1. The van der Waals surface area contributed by atoms with Gasteiger partial charge in [0.05, 0.1) is 31.2 Å². The Bertz CT molecular complexity index is 1770. The molecule has 1 fully saturated rings. The van der Waals surface area contributed by atoms with Crippen LogP contribution in [0.15, 0.2) is 66.9 Å². The van der Waals surface area contributed by atoms with Gasteiger partial charge in [-0.15, -0.1) is 10.2 Å². The molecule has 1 saturated carbocycles. The zero-order chi connectivity index (χ0) is 32.2. The van der Waals surface area contributed by atoms with E-state index in [2.05, 4.69) is 43.3 Å². The summed E-state index contributed by atoms with van der Waals surface area (Å²) in [6.07, 6.45) is 3.98. The highest BCUT2D eigenvalue weighted by molar-refractivity contribution is 6.00. The second-order valence-corrected chi connectivity index (χ2v) is 11.4. The smallest absolute Gasteiger partial charge is 0.273 e. The fourth-order valence-electron chi connectivity index (χ4n) is 5.43. The first-order chi connectivity index (χ1) is 22.3. The van der Waals surface area contributed by atoms with Crippen LogP contribution in [-0.4, -0.2) is 71.7 Å². The highest BCUT2D eigenvalue weighted by Gasteiger charge is 2.30. The number of carbonyl (C=O) groups excluding carboxylic acids is 3. The van der Waals surface area contributed by atoms with Gasteiger partial charge < -0.3 is 30.3 Å². The van der Waals surface area contributed by atoms with E-state index in [4.69, 9.17) is 9.47 Å². The number of nitrogens with zero attached hydrogens (tertiary/aromatic N) is 4. The molecule has 2 aromatic heterocycles. The van der Waals surface area contributed by atoms with Gasteiger partial charge in [0.2, 0.25) is 5.91 Å². The van der Waals surface area contributed by atoms with Crippen LogP contribution in [0.2, 0.25) is 0 Å². The van der Waals surface area contributed by atoms with Crippen molar-refractivity contribution in [2.24, 2.45) is 5.92 Å². The van der Waals surface area contributed by atoms with Gasteiger partial charge in [0.25, 0.3) is 11.8 Å². The molecule has 1 aliphatic heterocycles. The van der Waals surface area contributed by atoms with Crippen molar-refractivity contribution in [3.63, 3.8) is 0 Å². The quantitative estimate of drug-likeness (QED) is 0.237. The van der Waals surface area contributed by atoms with Crippen molar-refractivity contribution in [3.8, 4) is 16.9 Å². The van der Waals surface area contributed by atoms with Crippen LogP contribution in [0.5, 0.6) is 5.75 Å². The molecule has 3 amide bonds. The molecule has 0 spiro atoms.